The second kappa shape index (κ2) is 5.54. The number of aromatic carboxylic acids is 1. The molecule has 5 heteroatoms. The summed E-state index contributed by atoms with van der Waals surface area (Å²) in [6.07, 6.45) is 2.03. The predicted octanol–water partition coefficient (Wildman–Crippen LogP) is 1.90. The van der Waals surface area contributed by atoms with E-state index in [1.807, 2.05) is 7.05 Å². The summed E-state index contributed by atoms with van der Waals surface area (Å²) in [6.45, 7) is 3.92. The number of furan rings is 1. The van der Waals surface area contributed by atoms with Crippen molar-refractivity contribution in [1.29, 1.82) is 0 Å². The third kappa shape index (κ3) is 2.91. The fourth-order valence-corrected chi connectivity index (χ4v) is 2.33. The van der Waals surface area contributed by atoms with Gasteiger partial charge in [-0.2, -0.15) is 0 Å². The predicted molar refractivity (Wildman–Crippen MR) is 65.7 cm³/mol. The molecule has 1 aromatic rings. The van der Waals surface area contributed by atoms with Gasteiger partial charge < -0.3 is 14.3 Å². The van der Waals surface area contributed by atoms with E-state index in [4.69, 9.17) is 14.3 Å². The lowest BCUT2D eigenvalue weighted by molar-refractivity contribution is 0.0386. The Bertz CT molecular complexity index is 421. The van der Waals surface area contributed by atoms with Crippen molar-refractivity contribution >= 4 is 5.97 Å². The van der Waals surface area contributed by atoms with Gasteiger partial charge in [-0.3, -0.25) is 4.90 Å². The van der Waals surface area contributed by atoms with Crippen LogP contribution < -0.4 is 0 Å². The Balaban J connectivity index is 2.00. The van der Waals surface area contributed by atoms with Crippen LogP contribution in [0, 0.1) is 6.92 Å². The van der Waals surface area contributed by atoms with Crippen molar-refractivity contribution in [2.24, 2.45) is 0 Å². The number of nitrogens with zero attached hydrogens (tertiary/aromatic N) is 1. The van der Waals surface area contributed by atoms with Crippen molar-refractivity contribution in [2.45, 2.75) is 32.4 Å². The van der Waals surface area contributed by atoms with Gasteiger partial charge in [0.2, 0.25) is 0 Å². The van der Waals surface area contributed by atoms with Crippen LogP contribution in [-0.2, 0) is 11.3 Å². The quantitative estimate of drug-likeness (QED) is 0.887. The molecule has 5 nitrogen and oxygen atoms in total. The van der Waals surface area contributed by atoms with Crippen molar-refractivity contribution in [1.82, 2.24) is 4.90 Å². The van der Waals surface area contributed by atoms with Crippen LogP contribution in [0.15, 0.2) is 10.5 Å². The zero-order valence-electron chi connectivity index (χ0n) is 10.8. The lowest BCUT2D eigenvalue weighted by Gasteiger charge is -2.30. The van der Waals surface area contributed by atoms with Crippen LogP contribution in [0.1, 0.15) is 34.7 Å². The number of hydrogen-bond donors (Lipinski definition) is 1. The van der Waals surface area contributed by atoms with Gasteiger partial charge in [-0.25, -0.2) is 4.79 Å². The number of carboxylic acids is 1. The maximum atomic E-state index is 10.9. The van der Waals surface area contributed by atoms with Crippen molar-refractivity contribution in [3.05, 3.63) is 23.2 Å². The molecule has 0 amide bonds. The Morgan fingerprint density at radius 2 is 2.17 bits per heavy atom. The Morgan fingerprint density at radius 3 is 2.72 bits per heavy atom. The molecule has 0 atom stereocenters. The van der Waals surface area contributed by atoms with E-state index in [1.165, 1.54) is 0 Å². The summed E-state index contributed by atoms with van der Waals surface area (Å²) in [5, 5.41) is 8.97. The standard InChI is InChI=1S/C13H19NO4/c1-9-12(13(15)16)7-11(18-9)8-14(2)10-3-5-17-6-4-10/h7,10H,3-6,8H2,1-2H3,(H,15,16). The number of rotatable bonds is 4. The number of aryl methyl sites for hydroxylation is 1. The van der Waals surface area contributed by atoms with Gasteiger partial charge in [-0.1, -0.05) is 0 Å². The van der Waals surface area contributed by atoms with Gasteiger partial charge >= 0.3 is 5.97 Å². The Hall–Kier alpha value is -1.33. The topological polar surface area (TPSA) is 62.9 Å². The van der Waals surface area contributed by atoms with Crippen LogP contribution in [0.5, 0.6) is 0 Å². The van der Waals surface area contributed by atoms with Crippen LogP contribution >= 0.6 is 0 Å². The molecule has 0 aliphatic carbocycles. The largest absolute Gasteiger partial charge is 0.478 e. The van der Waals surface area contributed by atoms with Crippen LogP contribution in [0.4, 0.5) is 0 Å². The zero-order valence-corrected chi connectivity index (χ0v) is 10.8. The fourth-order valence-electron chi connectivity index (χ4n) is 2.33. The van der Waals surface area contributed by atoms with E-state index in [0.717, 1.165) is 26.1 Å². The molecule has 100 valence electrons. The molecule has 0 spiro atoms. The highest BCUT2D eigenvalue weighted by Gasteiger charge is 2.21. The third-order valence-electron chi connectivity index (χ3n) is 3.42. The lowest BCUT2D eigenvalue weighted by atomic mass is 10.1. The molecule has 2 rings (SSSR count). The molecule has 1 fully saturated rings. The van der Waals surface area contributed by atoms with Crippen molar-refractivity contribution in [2.75, 3.05) is 20.3 Å². The molecule has 1 aromatic heterocycles. The first-order chi connectivity index (χ1) is 8.58. The minimum Gasteiger partial charge on any atom is -0.478 e. The third-order valence-corrected chi connectivity index (χ3v) is 3.42. The molecule has 0 aromatic carbocycles. The highest BCUT2D eigenvalue weighted by atomic mass is 16.5. The van der Waals surface area contributed by atoms with E-state index in [2.05, 4.69) is 4.90 Å². The summed E-state index contributed by atoms with van der Waals surface area (Å²) in [5.41, 5.74) is 0.255. The van der Waals surface area contributed by atoms with Gasteiger partial charge in [-0.05, 0) is 32.9 Å². The molecule has 0 radical (unpaired) electrons. The van der Waals surface area contributed by atoms with E-state index in [9.17, 15) is 4.79 Å². The first-order valence-corrected chi connectivity index (χ1v) is 6.18. The van der Waals surface area contributed by atoms with Gasteiger partial charge in [-0.15, -0.1) is 0 Å². The van der Waals surface area contributed by atoms with E-state index in [-0.39, 0.29) is 5.56 Å². The smallest absolute Gasteiger partial charge is 0.339 e. The molecule has 2 heterocycles. The van der Waals surface area contributed by atoms with Gasteiger partial charge in [0, 0.05) is 19.3 Å². The van der Waals surface area contributed by atoms with Crippen molar-refractivity contribution in [3.8, 4) is 0 Å². The Morgan fingerprint density at radius 1 is 1.50 bits per heavy atom. The summed E-state index contributed by atoms with van der Waals surface area (Å²) in [4.78, 5) is 13.1. The molecular formula is C13H19NO4. The monoisotopic (exact) mass is 253 g/mol. The average molecular weight is 253 g/mol. The van der Waals surface area contributed by atoms with Crippen LogP contribution in [-0.4, -0.2) is 42.3 Å². The van der Waals surface area contributed by atoms with Crippen molar-refractivity contribution in [3.63, 3.8) is 0 Å². The van der Waals surface area contributed by atoms with Gasteiger partial charge in [0.05, 0.1) is 6.54 Å². The molecule has 18 heavy (non-hydrogen) atoms. The maximum absolute atomic E-state index is 10.9. The first kappa shape index (κ1) is 13.1. The summed E-state index contributed by atoms with van der Waals surface area (Å²) < 4.78 is 10.8. The summed E-state index contributed by atoms with van der Waals surface area (Å²) in [6, 6.07) is 2.10. The number of hydrogen-bond acceptors (Lipinski definition) is 4. The highest BCUT2D eigenvalue weighted by molar-refractivity contribution is 5.88. The summed E-state index contributed by atoms with van der Waals surface area (Å²) in [7, 11) is 2.04. The van der Waals surface area contributed by atoms with E-state index in [0.29, 0.717) is 24.1 Å². The maximum Gasteiger partial charge on any atom is 0.339 e. The SMILES string of the molecule is Cc1oc(CN(C)C2CCOCC2)cc1C(=O)O. The van der Waals surface area contributed by atoms with Gasteiger partial charge in [0.1, 0.15) is 17.1 Å². The molecular weight excluding hydrogens is 234 g/mol. The van der Waals surface area contributed by atoms with Crippen LogP contribution in [0.2, 0.25) is 0 Å². The van der Waals surface area contributed by atoms with Crippen LogP contribution in [0.3, 0.4) is 0 Å². The first-order valence-electron chi connectivity index (χ1n) is 6.18. The van der Waals surface area contributed by atoms with E-state index < -0.39 is 5.97 Å². The normalized spacial score (nSPS) is 17.3. The molecule has 1 N–H and O–H groups in total. The average Bonchev–Trinajstić information content (AvgIpc) is 2.71. The Kier molecular flexibility index (Phi) is 4.04. The minimum atomic E-state index is -0.934. The second-order valence-corrected chi connectivity index (χ2v) is 4.75. The zero-order chi connectivity index (χ0) is 13.1. The number of carboxylic acid groups (broad SMARTS) is 1. The lowest BCUT2D eigenvalue weighted by Crippen LogP contribution is -2.36. The van der Waals surface area contributed by atoms with Crippen molar-refractivity contribution < 1.29 is 19.1 Å². The van der Waals surface area contributed by atoms with Gasteiger partial charge in [0.25, 0.3) is 0 Å². The van der Waals surface area contributed by atoms with E-state index >= 15 is 0 Å². The molecule has 0 unspecified atom stereocenters. The highest BCUT2D eigenvalue weighted by Crippen LogP contribution is 2.19. The summed E-state index contributed by atoms with van der Waals surface area (Å²) in [5.74, 6) is 0.244. The second-order valence-electron chi connectivity index (χ2n) is 4.75. The molecule has 0 saturated carbocycles. The minimum absolute atomic E-state index is 0.255. The van der Waals surface area contributed by atoms with Gasteiger partial charge in [0.15, 0.2) is 0 Å². The fraction of sp³-hybridized carbons (Fsp3) is 0.615. The number of ether oxygens (including phenoxy) is 1. The van der Waals surface area contributed by atoms with E-state index in [1.54, 1.807) is 13.0 Å². The van der Waals surface area contributed by atoms with Crippen LogP contribution in [0.25, 0.3) is 0 Å². The Labute approximate surface area is 106 Å². The number of carbonyl (C=O) groups is 1. The molecule has 0 bridgehead atoms. The molecule has 1 aliphatic heterocycles. The molecule has 1 aliphatic rings. The molecule has 1 saturated heterocycles. The summed E-state index contributed by atoms with van der Waals surface area (Å²) >= 11 is 0.